The molecule has 1 radical (unpaired) electrons. The zero-order valence-corrected chi connectivity index (χ0v) is 5.31. The Bertz CT molecular complexity index is 82.9. The minimum atomic E-state index is -2.71. The van der Waals surface area contributed by atoms with Crippen molar-refractivity contribution in [2.45, 2.75) is 0 Å². The number of nitrogens with one attached hydrogen (secondary N) is 1. The van der Waals surface area contributed by atoms with E-state index in [2.05, 4.69) is 4.28 Å². The van der Waals surface area contributed by atoms with Crippen molar-refractivity contribution in [2.75, 3.05) is 7.05 Å². The van der Waals surface area contributed by atoms with Crippen molar-refractivity contribution in [3.05, 3.63) is 0 Å². The summed E-state index contributed by atoms with van der Waals surface area (Å²) in [4.78, 5) is 0. The predicted molar refractivity (Wildman–Crippen MR) is 20.5 cm³/mol. The summed E-state index contributed by atoms with van der Waals surface area (Å²) in [6, 6.07) is 0. The smallest absolute Gasteiger partial charge is 0.201 e. The molecule has 7 heavy (non-hydrogen) atoms. The summed E-state index contributed by atoms with van der Waals surface area (Å²) in [7, 11) is -1.35. The fourth-order valence-corrected chi connectivity index (χ4v) is 0.224. The second kappa shape index (κ2) is 6.39. The first-order chi connectivity index (χ1) is 2.77. The van der Waals surface area contributed by atoms with Crippen molar-refractivity contribution in [1.82, 2.24) is 5.48 Å². The summed E-state index contributed by atoms with van der Waals surface area (Å²) in [5, 5.41) is 0. The van der Waals surface area contributed by atoms with E-state index in [1.165, 1.54) is 7.05 Å². The molecule has 4 nitrogen and oxygen atoms in total. The maximum Gasteiger partial charge on any atom is 0.273 e. The zero-order valence-electron chi connectivity index (χ0n) is 3.47. The van der Waals surface area contributed by atoms with Crippen LogP contribution in [0.4, 0.5) is 0 Å². The molecule has 0 aliphatic heterocycles. The van der Waals surface area contributed by atoms with Gasteiger partial charge in [-0.15, -0.1) is 0 Å². The molecule has 6 heteroatoms. The molecule has 0 spiro atoms. The van der Waals surface area contributed by atoms with Gasteiger partial charge in [-0.05, 0) is 0 Å². The summed E-state index contributed by atoms with van der Waals surface area (Å²) in [5.74, 6) is 0. The van der Waals surface area contributed by atoms with Gasteiger partial charge in [0.05, 0.1) is 0 Å². The standard InChI is InChI=1S/CH5NO3S.Cu/c1-2-5-6(3)4;/h2,6H,1H3;. The van der Waals surface area contributed by atoms with Gasteiger partial charge in [-0.25, -0.2) is 8.42 Å². The van der Waals surface area contributed by atoms with Crippen LogP contribution in [-0.2, 0) is 32.3 Å². The molecule has 0 unspecified atom stereocenters. The molecule has 0 bridgehead atoms. The van der Waals surface area contributed by atoms with Gasteiger partial charge in [-0.1, -0.05) is 0 Å². The molecule has 0 aliphatic rings. The van der Waals surface area contributed by atoms with E-state index in [-0.39, 0.29) is 17.1 Å². The van der Waals surface area contributed by atoms with Crippen LogP contribution in [-0.4, -0.2) is 15.5 Å². The Balaban J connectivity index is 0. The van der Waals surface area contributed by atoms with Crippen LogP contribution < -0.4 is 5.48 Å². The van der Waals surface area contributed by atoms with Crippen molar-refractivity contribution in [2.24, 2.45) is 0 Å². The van der Waals surface area contributed by atoms with Crippen LogP contribution in [0.1, 0.15) is 0 Å². The zero-order chi connectivity index (χ0) is 4.99. The maximum absolute atomic E-state index is 9.35. The Hall–Kier alpha value is 0.389. The molecular formula is CH5CuNO3S. The van der Waals surface area contributed by atoms with Crippen molar-refractivity contribution in [3.63, 3.8) is 0 Å². The third-order valence-corrected chi connectivity index (χ3v) is 0.497. The minimum Gasteiger partial charge on any atom is -0.201 e. The third-order valence-electron chi connectivity index (χ3n) is 0.166. The molecule has 0 aliphatic carbocycles. The summed E-state index contributed by atoms with van der Waals surface area (Å²) in [5.41, 5.74) is 1.97. The van der Waals surface area contributed by atoms with Crippen LogP contribution >= 0.6 is 0 Å². The van der Waals surface area contributed by atoms with Crippen LogP contribution in [0.15, 0.2) is 0 Å². The Morgan fingerprint density at radius 3 is 2.00 bits per heavy atom. The Kier molecular flexibility index (Phi) is 9.48. The van der Waals surface area contributed by atoms with Gasteiger partial charge in [-0.2, -0.15) is 9.76 Å². The maximum atomic E-state index is 9.35. The molecule has 0 aromatic rings. The fourth-order valence-electron chi connectivity index (χ4n) is 0.0745. The van der Waals surface area contributed by atoms with E-state index in [0.717, 1.165) is 0 Å². The van der Waals surface area contributed by atoms with Crippen LogP contribution in [0.25, 0.3) is 0 Å². The molecule has 0 atom stereocenters. The van der Waals surface area contributed by atoms with Gasteiger partial charge in [0.2, 0.25) is 0 Å². The Morgan fingerprint density at radius 1 is 1.57 bits per heavy atom. The van der Waals surface area contributed by atoms with Gasteiger partial charge in [0.15, 0.2) is 0 Å². The average Bonchev–Trinajstić information content (AvgIpc) is 1.35. The Morgan fingerprint density at radius 2 is 2.00 bits per heavy atom. The van der Waals surface area contributed by atoms with E-state index in [1.54, 1.807) is 0 Å². The van der Waals surface area contributed by atoms with Crippen molar-refractivity contribution in [3.8, 4) is 0 Å². The number of hydrogen-bond acceptors (Lipinski definition) is 4. The molecule has 49 valence electrons. The van der Waals surface area contributed by atoms with E-state index in [0.29, 0.717) is 0 Å². The molecule has 0 rings (SSSR count). The molecule has 0 saturated carbocycles. The first-order valence-electron chi connectivity index (χ1n) is 1.25. The van der Waals surface area contributed by atoms with E-state index < -0.39 is 11.0 Å². The monoisotopic (exact) mass is 174 g/mol. The van der Waals surface area contributed by atoms with Gasteiger partial charge in [-0.3, -0.25) is 0 Å². The van der Waals surface area contributed by atoms with Gasteiger partial charge < -0.3 is 0 Å². The van der Waals surface area contributed by atoms with Gasteiger partial charge in [0.1, 0.15) is 0 Å². The van der Waals surface area contributed by atoms with Crippen molar-refractivity contribution >= 4 is 11.0 Å². The molecule has 1 N–H and O–H groups in total. The fraction of sp³-hybridized carbons (Fsp3) is 1.00. The number of hydroxylamine groups is 1. The van der Waals surface area contributed by atoms with E-state index in [1.807, 2.05) is 5.48 Å². The van der Waals surface area contributed by atoms with E-state index in [4.69, 9.17) is 0 Å². The normalized spacial score (nSPS) is 8.29. The quantitative estimate of drug-likeness (QED) is 0.309. The summed E-state index contributed by atoms with van der Waals surface area (Å²) in [6.07, 6.45) is 0. The van der Waals surface area contributed by atoms with Crippen LogP contribution in [0.3, 0.4) is 0 Å². The second-order valence-electron chi connectivity index (χ2n) is 0.519. The molecule has 0 heterocycles. The molecule has 0 amide bonds. The van der Waals surface area contributed by atoms with Gasteiger partial charge in [0, 0.05) is 24.1 Å². The number of hydrogen-bond donors (Lipinski definition) is 2. The second-order valence-corrected chi connectivity index (χ2v) is 1.15. The topological polar surface area (TPSA) is 55.4 Å². The van der Waals surface area contributed by atoms with Crippen molar-refractivity contribution in [1.29, 1.82) is 0 Å². The van der Waals surface area contributed by atoms with Crippen molar-refractivity contribution < 1.29 is 29.8 Å². The molecule has 0 saturated heterocycles. The van der Waals surface area contributed by atoms with Gasteiger partial charge >= 0.3 is 0 Å². The minimum absolute atomic E-state index is 0. The predicted octanol–water partition coefficient (Wildman–Crippen LogP) is -1.34. The summed E-state index contributed by atoms with van der Waals surface area (Å²) < 4.78 is 22.4. The van der Waals surface area contributed by atoms with E-state index >= 15 is 0 Å². The SMILES string of the molecule is CNO[SH](=O)=O.[Cu]. The van der Waals surface area contributed by atoms with E-state index in [9.17, 15) is 8.42 Å². The largest absolute Gasteiger partial charge is 0.273 e. The summed E-state index contributed by atoms with van der Waals surface area (Å²) >= 11 is 0. The third kappa shape index (κ3) is 10.7. The van der Waals surface area contributed by atoms with Crippen LogP contribution in [0.2, 0.25) is 0 Å². The molecule has 0 aromatic carbocycles. The van der Waals surface area contributed by atoms with Crippen LogP contribution in [0.5, 0.6) is 0 Å². The first-order valence-corrected chi connectivity index (χ1v) is 2.35. The first kappa shape index (κ1) is 10.4. The van der Waals surface area contributed by atoms with Crippen LogP contribution in [0, 0.1) is 0 Å². The average molecular weight is 175 g/mol. The summed E-state index contributed by atoms with van der Waals surface area (Å²) in [6.45, 7) is 0. The molecule has 0 fully saturated rings. The number of thiol groups is 1. The molecular weight excluding hydrogens is 170 g/mol. The van der Waals surface area contributed by atoms with Gasteiger partial charge in [0.25, 0.3) is 11.0 Å². The molecule has 0 aromatic heterocycles. The number of rotatable bonds is 2. The Labute approximate surface area is 53.8 Å².